The number of aromatic hydroxyl groups is 1. The van der Waals surface area contributed by atoms with Crippen LogP contribution in [-0.2, 0) is 10.0 Å². The van der Waals surface area contributed by atoms with Crippen LogP contribution >= 0.6 is 0 Å². The van der Waals surface area contributed by atoms with E-state index in [1.54, 1.807) is 30.3 Å². The van der Waals surface area contributed by atoms with E-state index in [9.17, 15) is 18.3 Å². The van der Waals surface area contributed by atoms with Gasteiger partial charge in [0, 0.05) is 17.6 Å². The lowest BCUT2D eigenvalue weighted by Crippen LogP contribution is -2.41. The summed E-state index contributed by atoms with van der Waals surface area (Å²) in [5, 5.41) is 9.96. The van der Waals surface area contributed by atoms with Crippen molar-refractivity contribution in [2.45, 2.75) is 37.8 Å². The van der Waals surface area contributed by atoms with Gasteiger partial charge in [0.1, 0.15) is 17.4 Å². The average Bonchev–Trinajstić information content (AvgIpc) is 3.05. The Hall–Kier alpha value is -3.66. The quantitative estimate of drug-likeness (QED) is 0.505. The average molecular weight is 482 g/mol. The molecule has 3 aromatic rings. The molecule has 0 radical (unpaired) electrons. The zero-order valence-corrected chi connectivity index (χ0v) is 20.0. The molecule has 0 unspecified atom stereocenters. The standard InChI is InChI=1S/C24H27N5O4S/c1-15-13-24(2,3)29(14-15)22-17(11-12-18(26-22)16-7-4-5-8-19(16)30)23(31)28-34(32,33)21-10-6-9-20(25)27-21/h4-12,15,30H,13-14H2,1-3H3,(H2,25,27)(H,28,31)/t15-/m0/s1. The largest absolute Gasteiger partial charge is 0.507 e. The Balaban J connectivity index is 1.79. The van der Waals surface area contributed by atoms with Gasteiger partial charge in [-0.1, -0.05) is 25.1 Å². The maximum atomic E-state index is 13.2. The van der Waals surface area contributed by atoms with Gasteiger partial charge in [-0.15, -0.1) is 0 Å². The van der Waals surface area contributed by atoms with E-state index in [0.29, 0.717) is 29.5 Å². The number of phenolic OH excluding ortho intramolecular Hbond substituents is 1. The van der Waals surface area contributed by atoms with Crippen LogP contribution in [0.3, 0.4) is 0 Å². The molecule has 1 fully saturated rings. The Labute approximate surface area is 198 Å². The van der Waals surface area contributed by atoms with Crippen LogP contribution in [0.1, 0.15) is 37.6 Å². The fraction of sp³-hybridized carbons (Fsp3) is 0.292. The maximum absolute atomic E-state index is 13.2. The fourth-order valence-electron chi connectivity index (χ4n) is 4.44. The summed E-state index contributed by atoms with van der Waals surface area (Å²) in [7, 11) is -4.26. The highest BCUT2D eigenvalue weighted by atomic mass is 32.2. The highest BCUT2D eigenvalue weighted by molar-refractivity contribution is 7.90. The van der Waals surface area contributed by atoms with E-state index in [-0.39, 0.29) is 27.7 Å². The Morgan fingerprint density at radius 1 is 1.12 bits per heavy atom. The van der Waals surface area contributed by atoms with Crippen LogP contribution in [0.15, 0.2) is 59.6 Å². The molecule has 4 N–H and O–H groups in total. The van der Waals surface area contributed by atoms with Gasteiger partial charge >= 0.3 is 0 Å². The van der Waals surface area contributed by atoms with Crippen molar-refractivity contribution < 1.29 is 18.3 Å². The van der Waals surface area contributed by atoms with Crippen molar-refractivity contribution in [2.24, 2.45) is 5.92 Å². The van der Waals surface area contributed by atoms with E-state index >= 15 is 0 Å². The predicted molar refractivity (Wildman–Crippen MR) is 130 cm³/mol. The lowest BCUT2D eigenvalue weighted by Gasteiger charge is -2.34. The molecule has 34 heavy (non-hydrogen) atoms. The van der Waals surface area contributed by atoms with Gasteiger partial charge in [-0.2, -0.15) is 8.42 Å². The summed E-state index contributed by atoms with van der Waals surface area (Å²) in [5.41, 5.74) is 6.38. The summed E-state index contributed by atoms with van der Waals surface area (Å²) in [6.45, 7) is 6.87. The van der Waals surface area contributed by atoms with Crippen LogP contribution in [0, 0.1) is 5.92 Å². The first-order valence-electron chi connectivity index (χ1n) is 10.8. The van der Waals surface area contributed by atoms with Crippen molar-refractivity contribution in [1.29, 1.82) is 0 Å². The van der Waals surface area contributed by atoms with Gasteiger partial charge in [-0.3, -0.25) is 4.79 Å². The highest BCUT2D eigenvalue weighted by Crippen LogP contribution is 2.39. The molecule has 10 heteroatoms. The number of para-hydroxylation sites is 1. The second-order valence-electron chi connectivity index (χ2n) is 9.15. The van der Waals surface area contributed by atoms with Gasteiger partial charge in [0.25, 0.3) is 15.9 Å². The van der Waals surface area contributed by atoms with Crippen LogP contribution in [0.25, 0.3) is 11.3 Å². The number of carbonyl (C=O) groups excluding carboxylic acids is 1. The Kier molecular flexibility index (Phi) is 5.94. The number of nitrogens with one attached hydrogen (secondary N) is 1. The molecule has 1 aliphatic heterocycles. The number of anilines is 2. The van der Waals surface area contributed by atoms with Crippen LogP contribution in [-0.4, -0.2) is 41.5 Å². The van der Waals surface area contributed by atoms with E-state index in [0.717, 1.165) is 6.42 Å². The molecule has 1 saturated heterocycles. The summed E-state index contributed by atoms with van der Waals surface area (Å²) in [6, 6.07) is 14.1. The zero-order valence-electron chi connectivity index (χ0n) is 19.2. The Morgan fingerprint density at radius 3 is 2.50 bits per heavy atom. The molecule has 0 bridgehead atoms. The van der Waals surface area contributed by atoms with Crippen molar-refractivity contribution in [1.82, 2.24) is 14.7 Å². The molecule has 3 heterocycles. The van der Waals surface area contributed by atoms with Crippen LogP contribution < -0.4 is 15.4 Å². The third-order valence-corrected chi connectivity index (χ3v) is 7.11. The second-order valence-corrected chi connectivity index (χ2v) is 10.8. The third kappa shape index (κ3) is 4.54. The molecule has 1 amide bonds. The zero-order chi connectivity index (χ0) is 24.7. The van der Waals surface area contributed by atoms with Gasteiger partial charge in [0.05, 0.1) is 11.3 Å². The number of phenols is 1. The van der Waals surface area contributed by atoms with Crippen molar-refractivity contribution in [3.05, 3.63) is 60.2 Å². The number of sulfonamides is 1. The summed E-state index contributed by atoms with van der Waals surface area (Å²) < 4.78 is 27.7. The number of carbonyl (C=O) groups is 1. The molecule has 0 saturated carbocycles. The lowest BCUT2D eigenvalue weighted by molar-refractivity contribution is 0.0981. The molecule has 1 aliphatic rings. The predicted octanol–water partition coefficient (Wildman–Crippen LogP) is 3.17. The van der Waals surface area contributed by atoms with Crippen LogP contribution in [0.5, 0.6) is 5.75 Å². The number of hydrogen-bond acceptors (Lipinski definition) is 8. The summed E-state index contributed by atoms with van der Waals surface area (Å²) in [5.74, 6) is -0.0454. The van der Waals surface area contributed by atoms with Gasteiger partial charge in [0.2, 0.25) is 0 Å². The summed E-state index contributed by atoms with van der Waals surface area (Å²) in [6.07, 6.45) is 0.877. The molecule has 1 atom stereocenters. The van der Waals surface area contributed by atoms with Gasteiger partial charge in [0.15, 0.2) is 5.03 Å². The minimum atomic E-state index is -4.26. The second kappa shape index (κ2) is 8.60. The topological polar surface area (TPSA) is 139 Å². The number of nitrogens with two attached hydrogens (primary N) is 1. The van der Waals surface area contributed by atoms with Gasteiger partial charge < -0.3 is 15.7 Å². The van der Waals surface area contributed by atoms with Crippen molar-refractivity contribution in [2.75, 3.05) is 17.2 Å². The first-order chi connectivity index (χ1) is 16.0. The number of pyridine rings is 2. The molecular formula is C24H27N5O4S. The van der Waals surface area contributed by atoms with E-state index in [1.807, 2.05) is 4.90 Å². The maximum Gasteiger partial charge on any atom is 0.281 e. The van der Waals surface area contributed by atoms with Crippen molar-refractivity contribution >= 4 is 27.6 Å². The molecule has 9 nitrogen and oxygen atoms in total. The molecule has 4 rings (SSSR count). The molecule has 0 aliphatic carbocycles. The van der Waals surface area contributed by atoms with E-state index in [1.165, 1.54) is 24.3 Å². The first kappa shape index (κ1) is 23.5. The Bertz CT molecular complexity index is 1360. The van der Waals surface area contributed by atoms with Gasteiger partial charge in [-0.25, -0.2) is 14.7 Å². The lowest BCUT2D eigenvalue weighted by atomic mass is 9.97. The van der Waals surface area contributed by atoms with Crippen LogP contribution in [0.2, 0.25) is 0 Å². The molecule has 2 aromatic heterocycles. The molecule has 0 spiro atoms. The number of hydrogen-bond donors (Lipinski definition) is 3. The Morgan fingerprint density at radius 2 is 1.85 bits per heavy atom. The molecule has 178 valence electrons. The van der Waals surface area contributed by atoms with Crippen molar-refractivity contribution in [3.63, 3.8) is 0 Å². The van der Waals surface area contributed by atoms with E-state index in [2.05, 4.69) is 30.5 Å². The van der Waals surface area contributed by atoms with Crippen molar-refractivity contribution in [3.8, 4) is 17.0 Å². The number of nitrogens with zero attached hydrogens (tertiary/aromatic N) is 3. The number of aromatic nitrogens is 2. The monoisotopic (exact) mass is 481 g/mol. The molecular weight excluding hydrogens is 454 g/mol. The SMILES string of the molecule is C[C@@H]1CN(c2nc(-c3ccccc3O)ccc2C(=O)NS(=O)(=O)c2cccc(N)n2)C(C)(C)C1. The minimum Gasteiger partial charge on any atom is -0.507 e. The van der Waals surface area contributed by atoms with Gasteiger partial charge in [-0.05, 0) is 62.6 Å². The first-order valence-corrected chi connectivity index (χ1v) is 12.3. The minimum absolute atomic E-state index is 0.0255. The highest BCUT2D eigenvalue weighted by Gasteiger charge is 2.39. The number of nitrogen functional groups attached to an aromatic ring is 1. The van der Waals surface area contributed by atoms with E-state index < -0.39 is 15.9 Å². The summed E-state index contributed by atoms with van der Waals surface area (Å²) >= 11 is 0. The third-order valence-electron chi connectivity index (χ3n) is 5.88. The normalized spacial score (nSPS) is 17.5. The number of amides is 1. The van der Waals surface area contributed by atoms with E-state index in [4.69, 9.17) is 10.7 Å². The fourth-order valence-corrected chi connectivity index (χ4v) is 5.38. The number of benzene rings is 1. The number of rotatable bonds is 5. The van der Waals surface area contributed by atoms with Crippen LogP contribution in [0.4, 0.5) is 11.6 Å². The summed E-state index contributed by atoms with van der Waals surface area (Å²) in [4.78, 5) is 23.8. The molecule has 1 aromatic carbocycles. The smallest absolute Gasteiger partial charge is 0.281 e.